The normalized spacial score (nSPS) is 11.8. The van der Waals surface area contributed by atoms with Gasteiger partial charge in [0.15, 0.2) is 5.82 Å². The molecule has 0 aliphatic rings. The molecule has 0 aliphatic heterocycles. The molecule has 2 aromatic rings. The largest absolute Gasteiger partial charge is 0.417 e. The highest BCUT2D eigenvalue weighted by Crippen LogP contribution is 2.38. The molecule has 0 atom stereocenters. The van der Waals surface area contributed by atoms with Crippen molar-refractivity contribution in [1.82, 2.24) is 10.1 Å². The summed E-state index contributed by atoms with van der Waals surface area (Å²) in [4.78, 5) is 3.97. The molecule has 0 aliphatic carbocycles. The maximum absolute atomic E-state index is 13.0. The van der Waals surface area contributed by atoms with Crippen LogP contribution in [-0.2, 0) is 12.6 Å². The molecule has 0 radical (unpaired) electrons. The second kappa shape index (κ2) is 5.92. The van der Waals surface area contributed by atoms with Crippen molar-refractivity contribution in [1.29, 1.82) is 0 Å². The van der Waals surface area contributed by atoms with Crippen LogP contribution in [0.2, 0.25) is 0 Å². The molecule has 1 heterocycles. The van der Waals surface area contributed by atoms with Crippen molar-refractivity contribution in [3.63, 3.8) is 0 Å². The summed E-state index contributed by atoms with van der Waals surface area (Å²) in [6.07, 6.45) is -3.38. The second-order valence-electron chi connectivity index (χ2n) is 4.10. The molecule has 108 valence electrons. The first-order chi connectivity index (χ1) is 9.41. The molecule has 8 heteroatoms. The zero-order valence-corrected chi connectivity index (χ0v) is 11.8. The van der Waals surface area contributed by atoms with Gasteiger partial charge in [0.2, 0.25) is 0 Å². The molecule has 0 unspecified atom stereocenters. The maximum atomic E-state index is 13.0. The van der Waals surface area contributed by atoms with E-state index in [4.69, 9.17) is 10.3 Å². The Balaban J connectivity index is 2.39. The highest BCUT2D eigenvalue weighted by Gasteiger charge is 2.35. The van der Waals surface area contributed by atoms with Gasteiger partial charge >= 0.3 is 6.18 Å². The SMILES string of the molecule is NCCCc1noc(-c2ccc(Br)cc2C(F)(F)F)n1. The number of alkyl halides is 3. The van der Waals surface area contributed by atoms with Crippen molar-refractivity contribution in [2.75, 3.05) is 6.54 Å². The molecule has 0 spiro atoms. The summed E-state index contributed by atoms with van der Waals surface area (Å²) >= 11 is 3.02. The molecule has 4 nitrogen and oxygen atoms in total. The lowest BCUT2D eigenvalue weighted by atomic mass is 10.1. The maximum Gasteiger partial charge on any atom is 0.417 e. The first-order valence-corrected chi connectivity index (χ1v) is 6.61. The third-order valence-corrected chi connectivity index (χ3v) is 3.08. The Morgan fingerprint density at radius 2 is 2.05 bits per heavy atom. The average molecular weight is 350 g/mol. The minimum atomic E-state index is -4.50. The highest BCUT2D eigenvalue weighted by atomic mass is 79.9. The molecular formula is C12H11BrF3N3O. The third kappa shape index (κ3) is 3.37. The molecule has 0 saturated heterocycles. The number of aryl methyl sites for hydroxylation is 1. The van der Waals surface area contributed by atoms with Crippen LogP contribution in [0.5, 0.6) is 0 Å². The van der Waals surface area contributed by atoms with Gasteiger partial charge in [-0.1, -0.05) is 21.1 Å². The Morgan fingerprint density at radius 3 is 2.70 bits per heavy atom. The van der Waals surface area contributed by atoms with Crippen molar-refractivity contribution in [3.8, 4) is 11.5 Å². The summed E-state index contributed by atoms with van der Waals surface area (Å²) in [5.41, 5.74) is 4.40. The molecule has 0 saturated carbocycles. The summed E-state index contributed by atoms with van der Waals surface area (Å²) in [5.74, 6) is 0.207. The van der Waals surface area contributed by atoms with E-state index in [0.717, 1.165) is 6.07 Å². The monoisotopic (exact) mass is 349 g/mol. The number of hydrogen-bond donors (Lipinski definition) is 1. The predicted molar refractivity (Wildman–Crippen MR) is 69.8 cm³/mol. The molecular weight excluding hydrogens is 339 g/mol. The van der Waals surface area contributed by atoms with E-state index in [0.29, 0.717) is 29.7 Å². The average Bonchev–Trinajstić information content (AvgIpc) is 2.84. The summed E-state index contributed by atoms with van der Waals surface area (Å²) in [6, 6.07) is 3.78. The topological polar surface area (TPSA) is 64.9 Å². The summed E-state index contributed by atoms with van der Waals surface area (Å²) in [5, 5.41) is 3.65. The van der Waals surface area contributed by atoms with E-state index in [-0.39, 0.29) is 11.5 Å². The Morgan fingerprint density at radius 1 is 1.30 bits per heavy atom. The molecule has 0 bridgehead atoms. The first kappa shape index (κ1) is 15.0. The number of rotatable bonds is 4. The van der Waals surface area contributed by atoms with Crippen molar-refractivity contribution in [3.05, 3.63) is 34.1 Å². The Kier molecular flexibility index (Phi) is 4.44. The van der Waals surface area contributed by atoms with E-state index in [1.165, 1.54) is 12.1 Å². The Hall–Kier alpha value is -1.41. The fourth-order valence-corrected chi connectivity index (χ4v) is 2.02. The fraction of sp³-hybridized carbons (Fsp3) is 0.333. The van der Waals surface area contributed by atoms with Gasteiger partial charge in [-0.3, -0.25) is 0 Å². The van der Waals surface area contributed by atoms with Crippen molar-refractivity contribution < 1.29 is 17.7 Å². The van der Waals surface area contributed by atoms with Crippen LogP contribution in [0.15, 0.2) is 27.2 Å². The van der Waals surface area contributed by atoms with Crippen LogP contribution >= 0.6 is 15.9 Å². The smallest absolute Gasteiger partial charge is 0.334 e. The van der Waals surface area contributed by atoms with E-state index >= 15 is 0 Å². The summed E-state index contributed by atoms with van der Waals surface area (Å²) in [6.45, 7) is 0.454. The van der Waals surface area contributed by atoms with Gasteiger partial charge in [-0.05, 0) is 31.2 Å². The van der Waals surface area contributed by atoms with Gasteiger partial charge in [0, 0.05) is 10.9 Å². The second-order valence-corrected chi connectivity index (χ2v) is 5.01. The lowest BCUT2D eigenvalue weighted by Gasteiger charge is -2.10. The van der Waals surface area contributed by atoms with Crippen LogP contribution in [0.3, 0.4) is 0 Å². The molecule has 1 aromatic carbocycles. The summed E-state index contributed by atoms with van der Waals surface area (Å²) in [7, 11) is 0. The first-order valence-electron chi connectivity index (χ1n) is 5.81. The van der Waals surface area contributed by atoms with E-state index in [2.05, 4.69) is 26.1 Å². The van der Waals surface area contributed by atoms with Gasteiger partial charge in [0.1, 0.15) is 0 Å². The van der Waals surface area contributed by atoms with E-state index < -0.39 is 11.7 Å². The predicted octanol–water partition coefficient (Wildman–Crippen LogP) is 3.41. The molecule has 1 aromatic heterocycles. The Labute approximate surface area is 121 Å². The standard InChI is InChI=1S/C12H11BrF3N3O/c13-7-3-4-8(9(6-7)12(14,15)16)11-18-10(19-20-11)2-1-5-17/h3-4,6H,1-2,5,17H2. The van der Waals surface area contributed by atoms with Crippen LogP contribution in [0.1, 0.15) is 17.8 Å². The van der Waals surface area contributed by atoms with Crippen LogP contribution in [-0.4, -0.2) is 16.7 Å². The number of benzene rings is 1. The minimum absolute atomic E-state index is 0.132. The number of halogens is 4. The quantitative estimate of drug-likeness (QED) is 0.918. The van der Waals surface area contributed by atoms with Gasteiger partial charge in [-0.2, -0.15) is 18.2 Å². The zero-order valence-electron chi connectivity index (χ0n) is 10.2. The van der Waals surface area contributed by atoms with Gasteiger partial charge < -0.3 is 10.3 Å². The Bertz CT molecular complexity index is 598. The third-order valence-electron chi connectivity index (χ3n) is 2.59. The number of nitrogens with zero attached hydrogens (tertiary/aromatic N) is 2. The van der Waals surface area contributed by atoms with E-state index in [9.17, 15) is 13.2 Å². The van der Waals surface area contributed by atoms with Crippen molar-refractivity contribution >= 4 is 15.9 Å². The lowest BCUT2D eigenvalue weighted by molar-refractivity contribution is -0.137. The van der Waals surface area contributed by atoms with Gasteiger partial charge in [-0.25, -0.2) is 0 Å². The van der Waals surface area contributed by atoms with Gasteiger partial charge in [0.25, 0.3) is 5.89 Å². The number of nitrogens with two attached hydrogens (primary N) is 1. The van der Waals surface area contributed by atoms with Crippen molar-refractivity contribution in [2.45, 2.75) is 19.0 Å². The van der Waals surface area contributed by atoms with Crippen LogP contribution in [0.25, 0.3) is 11.5 Å². The molecule has 2 rings (SSSR count). The van der Waals surface area contributed by atoms with Crippen LogP contribution < -0.4 is 5.73 Å². The summed E-state index contributed by atoms with van der Waals surface area (Å²) < 4.78 is 44.2. The molecule has 0 fully saturated rings. The number of aromatic nitrogens is 2. The highest BCUT2D eigenvalue weighted by molar-refractivity contribution is 9.10. The van der Waals surface area contributed by atoms with Gasteiger partial charge in [-0.15, -0.1) is 0 Å². The van der Waals surface area contributed by atoms with Crippen LogP contribution in [0, 0.1) is 0 Å². The van der Waals surface area contributed by atoms with Gasteiger partial charge in [0.05, 0.1) is 11.1 Å². The van der Waals surface area contributed by atoms with E-state index in [1.807, 2.05) is 0 Å². The fourth-order valence-electron chi connectivity index (χ4n) is 1.66. The molecule has 2 N–H and O–H groups in total. The molecule has 20 heavy (non-hydrogen) atoms. The minimum Gasteiger partial charge on any atom is -0.334 e. The van der Waals surface area contributed by atoms with E-state index in [1.54, 1.807) is 0 Å². The number of hydrogen-bond acceptors (Lipinski definition) is 4. The lowest BCUT2D eigenvalue weighted by Crippen LogP contribution is -2.07. The zero-order chi connectivity index (χ0) is 14.8. The molecule has 0 amide bonds. The van der Waals surface area contributed by atoms with Crippen LogP contribution in [0.4, 0.5) is 13.2 Å². The van der Waals surface area contributed by atoms with Crippen molar-refractivity contribution in [2.24, 2.45) is 5.73 Å².